The van der Waals surface area contributed by atoms with Crippen LogP contribution in [0.3, 0.4) is 0 Å². The minimum atomic E-state index is -0.270. The summed E-state index contributed by atoms with van der Waals surface area (Å²) < 4.78 is 19.2. The Bertz CT molecular complexity index is 1260. The van der Waals surface area contributed by atoms with Crippen LogP contribution in [0.15, 0.2) is 67.0 Å². The highest BCUT2D eigenvalue weighted by atomic mass is 16.5. The first kappa shape index (κ1) is 24.2. The molecule has 0 radical (unpaired) electrons. The summed E-state index contributed by atoms with van der Waals surface area (Å²) in [4.78, 5) is 21.8. The summed E-state index contributed by atoms with van der Waals surface area (Å²) >= 11 is 0. The maximum absolute atomic E-state index is 13.2. The first-order valence-corrected chi connectivity index (χ1v) is 11.8. The maximum atomic E-state index is 13.2. The number of benzene rings is 2. The van der Waals surface area contributed by atoms with Gasteiger partial charge in [0.05, 0.1) is 17.6 Å². The standard InChI is InChI=1S/C27H30N4O4/c1-3-33-17-7-16-31-23-9-6-5-8-22(23)29-27(31)30-26(32)21-10-11-24(25(18-21)34-4-2)35-19-20-12-14-28-15-13-20/h5-6,8-15,18H,3-4,7,16-17,19H2,1-2H3,(H,29,30,32). The van der Waals surface area contributed by atoms with Crippen molar-refractivity contribution >= 4 is 22.9 Å². The lowest BCUT2D eigenvalue weighted by molar-refractivity contribution is 0.102. The van der Waals surface area contributed by atoms with Crippen LogP contribution in [-0.4, -0.2) is 40.3 Å². The molecule has 0 unspecified atom stereocenters. The number of imidazole rings is 1. The van der Waals surface area contributed by atoms with E-state index in [1.54, 1.807) is 30.6 Å². The molecule has 0 bridgehead atoms. The van der Waals surface area contributed by atoms with Crippen LogP contribution >= 0.6 is 0 Å². The van der Waals surface area contributed by atoms with Gasteiger partial charge in [-0.15, -0.1) is 0 Å². The minimum absolute atomic E-state index is 0.270. The van der Waals surface area contributed by atoms with Gasteiger partial charge in [0.25, 0.3) is 5.91 Å². The number of aryl methyl sites for hydroxylation is 1. The average Bonchev–Trinajstić information content (AvgIpc) is 3.23. The molecule has 35 heavy (non-hydrogen) atoms. The fourth-order valence-electron chi connectivity index (χ4n) is 3.72. The molecule has 4 rings (SSSR count). The molecule has 0 aliphatic carbocycles. The fourth-order valence-corrected chi connectivity index (χ4v) is 3.72. The van der Waals surface area contributed by atoms with E-state index in [-0.39, 0.29) is 5.91 Å². The van der Waals surface area contributed by atoms with Gasteiger partial charge in [-0.1, -0.05) is 12.1 Å². The summed E-state index contributed by atoms with van der Waals surface area (Å²) in [6.07, 6.45) is 4.26. The van der Waals surface area contributed by atoms with Gasteiger partial charge in [-0.3, -0.25) is 15.1 Å². The fraction of sp³-hybridized carbons (Fsp3) is 0.296. The second-order valence-electron chi connectivity index (χ2n) is 7.82. The first-order chi connectivity index (χ1) is 17.2. The van der Waals surface area contributed by atoms with Gasteiger partial charge in [-0.2, -0.15) is 0 Å². The third-order valence-electron chi connectivity index (χ3n) is 5.40. The molecule has 8 heteroatoms. The predicted molar refractivity (Wildman–Crippen MR) is 135 cm³/mol. The number of rotatable bonds is 12. The van der Waals surface area contributed by atoms with E-state index in [2.05, 4.69) is 15.3 Å². The monoisotopic (exact) mass is 474 g/mol. The van der Waals surface area contributed by atoms with Crippen LogP contribution in [0.25, 0.3) is 11.0 Å². The number of amides is 1. The normalized spacial score (nSPS) is 10.9. The summed E-state index contributed by atoms with van der Waals surface area (Å²) in [5.41, 5.74) is 3.24. The highest BCUT2D eigenvalue weighted by Gasteiger charge is 2.16. The molecule has 2 aromatic carbocycles. The quantitative estimate of drug-likeness (QED) is 0.288. The number of hydrogen-bond acceptors (Lipinski definition) is 6. The molecule has 2 aromatic heterocycles. The van der Waals surface area contributed by atoms with Gasteiger partial charge in [-0.05, 0) is 68.3 Å². The summed E-state index contributed by atoms with van der Waals surface area (Å²) in [5.74, 6) is 1.32. The lowest BCUT2D eigenvalue weighted by Gasteiger charge is -2.14. The molecule has 0 fully saturated rings. The van der Waals surface area contributed by atoms with E-state index >= 15 is 0 Å². The van der Waals surface area contributed by atoms with Crippen molar-refractivity contribution in [2.24, 2.45) is 0 Å². The maximum Gasteiger partial charge on any atom is 0.258 e. The Balaban J connectivity index is 1.52. The lowest BCUT2D eigenvalue weighted by atomic mass is 10.2. The van der Waals surface area contributed by atoms with Crippen LogP contribution in [0.2, 0.25) is 0 Å². The third kappa shape index (κ3) is 6.16. The van der Waals surface area contributed by atoms with Crippen molar-refractivity contribution in [2.75, 3.05) is 25.1 Å². The third-order valence-corrected chi connectivity index (χ3v) is 5.40. The van der Waals surface area contributed by atoms with Crippen LogP contribution in [0.1, 0.15) is 36.2 Å². The van der Waals surface area contributed by atoms with Crippen molar-refractivity contribution < 1.29 is 19.0 Å². The van der Waals surface area contributed by atoms with Gasteiger partial charge in [-0.25, -0.2) is 4.98 Å². The summed E-state index contributed by atoms with van der Waals surface area (Å²) in [7, 11) is 0. The molecule has 4 aromatic rings. The van der Waals surface area contributed by atoms with Gasteiger partial charge in [0.1, 0.15) is 6.61 Å². The number of nitrogens with one attached hydrogen (secondary N) is 1. The molecule has 0 saturated heterocycles. The van der Waals surface area contributed by atoms with E-state index in [1.807, 2.05) is 54.8 Å². The Labute approximate surface area is 204 Å². The number of anilines is 1. The Hall–Kier alpha value is -3.91. The van der Waals surface area contributed by atoms with Crippen molar-refractivity contribution in [1.82, 2.24) is 14.5 Å². The van der Waals surface area contributed by atoms with E-state index in [0.29, 0.717) is 56.0 Å². The van der Waals surface area contributed by atoms with Gasteiger partial charge >= 0.3 is 0 Å². The van der Waals surface area contributed by atoms with Crippen LogP contribution in [-0.2, 0) is 17.9 Å². The zero-order chi connectivity index (χ0) is 24.5. The molecule has 0 aliphatic rings. The predicted octanol–water partition coefficient (Wildman–Crippen LogP) is 5.09. The number of carbonyl (C=O) groups excluding carboxylic acids is 1. The molecule has 8 nitrogen and oxygen atoms in total. The summed E-state index contributed by atoms with van der Waals surface area (Å²) in [5, 5.41) is 2.97. The van der Waals surface area contributed by atoms with Crippen LogP contribution in [0.4, 0.5) is 5.95 Å². The topological polar surface area (TPSA) is 87.5 Å². The SMILES string of the molecule is CCOCCCn1c(NC(=O)c2ccc(OCc3ccncc3)c(OCC)c2)nc2ccccc21. The molecule has 1 N–H and O–H groups in total. The average molecular weight is 475 g/mol. The largest absolute Gasteiger partial charge is 0.490 e. The molecule has 0 atom stereocenters. The number of pyridine rings is 1. The number of nitrogens with zero attached hydrogens (tertiary/aromatic N) is 3. The zero-order valence-electron chi connectivity index (χ0n) is 20.1. The van der Waals surface area contributed by atoms with E-state index < -0.39 is 0 Å². The van der Waals surface area contributed by atoms with E-state index in [4.69, 9.17) is 14.2 Å². The number of ether oxygens (including phenoxy) is 3. The Morgan fingerprint density at radius 3 is 2.60 bits per heavy atom. The van der Waals surface area contributed by atoms with Crippen LogP contribution < -0.4 is 14.8 Å². The van der Waals surface area contributed by atoms with Gasteiger partial charge in [0, 0.05) is 37.7 Å². The van der Waals surface area contributed by atoms with Gasteiger partial charge < -0.3 is 18.8 Å². The molecule has 0 spiro atoms. The van der Waals surface area contributed by atoms with E-state index in [1.165, 1.54) is 0 Å². The van der Waals surface area contributed by atoms with Crippen molar-refractivity contribution in [1.29, 1.82) is 0 Å². The minimum Gasteiger partial charge on any atom is -0.490 e. The lowest BCUT2D eigenvalue weighted by Crippen LogP contribution is -2.17. The number of fused-ring (bicyclic) bond motifs is 1. The van der Waals surface area contributed by atoms with Crippen molar-refractivity contribution in [3.8, 4) is 11.5 Å². The van der Waals surface area contributed by atoms with Crippen LogP contribution in [0.5, 0.6) is 11.5 Å². The van der Waals surface area contributed by atoms with E-state index in [0.717, 1.165) is 23.0 Å². The molecule has 0 saturated carbocycles. The molecule has 1 amide bonds. The number of carbonyl (C=O) groups is 1. The second kappa shape index (κ2) is 12.0. The van der Waals surface area contributed by atoms with Gasteiger partial charge in [0.2, 0.25) is 5.95 Å². The summed E-state index contributed by atoms with van der Waals surface area (Å²) in [6.45, 7) is 6.70. The Morgan fingerprint density at radius 2 is 1.80 bits per heavy atom. The highest BCUT2D eigenvalue weighted by molar-refractivity contribution is 6.04. The number of aromatic nitrogens is 3. The van der Waals surface area contributed by atoms with Crippen molar-refractivity contribution in [3.05, 3.63) is 78.1 Å². The Kier molecular flexibility index (Phi) is 8.30. The second-order valence-corrected chi connectivity index (χ2v) is 7.82. The van der Waals surface area contributed by atoms with E-state index in [9.17, 15) is 4.79 Å². The molecule has 2 heterocycles. The van der Waals surface area contributed by atoms with Crippen LogP contribution in [0, 0.1) is 0 Å². The molecular formula is C27H30N4O4. The van der Waals surface area contributed by atoms with Gasteiger partial charge in [0.15, 0.2) is 11.5 Å². The summed E-state index contributed by atoms with van der Waals surface area (Å²) in [6, 6.07) is 16.8. The molecule has 182 valence electrons. The molecular weight excluding hydrogens is 444 g/mol. The zero-order valence-corrected chi connectivity index (χ0v) is 20.1. The number of para-hydroxylation sites is 2. The van der Waals surface area contributed by atoms with Crippen molar-refractivity contribution in [2.45, 2.75) is 33.4 Å². The first-order valence-electron chi connectivity index (χ1n) is 11.8. The smallest absolute Gasteiger partial charge is 0.258 e. The highest BCUT2D eigenvalue weighted by Crippen LogP contribution is 2.30. The molecule has 0 aliphatic heterocycles. The Morgan fingerprint density at radius 1 is 0.971 bits per heavy atom. The van der Waals surface area contributed by atoms with Crippen molar-refractivity contribution in [3.63, 3.8) is 0 Å². The number of hydrogen-bond donors (Lipinski definition) is 1.